The average Bonchev–Trinajstić information content (AvgIpc) is 2.57. The maximum atomic E-state index is 12.0. The molecule has 1 aromatic heterocycles. The maximum absolute atomic E-state index is 12.0. The first kappa shape index (κ1) is 16.2. The van der Waals surface area contributed by atoms with Crippen molar-refractivity contribution in [1.29, 1.82) is 0 Å². The molecule has 24 heavy (non-hydrogen) atoms. The van der Waals surface area contributed by atoms with E-state index in [9.17, 15) is 9.90 Å². The van der Waals surface area contributed by atoms with Crippen molar-refractivity contribution < 1.29 is 9.90 Å². The molecule has 0 saturated heterocycles. The second kappa shape index (κ2) is 6.86. The molecule has 2 aromatic rings. The SMILES string of the molecule is C[C@@](O)(C#Cc1ccc(C(=O)NC2CCC2)nc1)c1ccccc1. The van der Waals surface area contributed by atoms with Crippen LogP contribution in [0, 0.1) is 11.8 Å². The summed E-state index contributed by atoms with van der Waals surface area (Å²) in [6.45, 7) is 1.66. The first-order valence-corrected chi connectivity index (χ1v) is 8.12. The van der Waals surface area contributed by atoms with Gasteiger partial charge in [0.1, 0.15) is 11.3 Å². The highest BCUT2D eigenvalue weighted by molar-refractivity contribution is 5.92. The summed E-state index contributed by atoms with van der Waals surface area (Å²) in [5, 5.41) is 13.4. The highest BCUT2D eigenvalue weighted by atomic mass is 16.3. The fourth-order valence-corrected chi connectivity index (χ4v) is 2.44. The number of rotatable bonds is 3. The van der Waals surface area contributed by atoms with Crippen molar-refractivity contribution in [2.45, 2.75) is 37.8 Å². The van der Waals surface area contributed by atoms with E-state index in [1.54, 1.807) is 25.3 Å². The number of hydrogen-bond donors (Lipinski definition) is 2. The molecule has 0 spiro atoms. The average molecular weight is 320 g/mol. The molecule has 4 nitrogen and oxygen atoms in total. The Morgan fingerprint density at radius 1 is 1.25 bits per heavy atom. The van der Waals surface area contributed by atoms with E-state index < -0.39 is 5.60 Å². The van der Waals surface area contributed by atoms with Crippen LogP contribution in [0.1, 0.15) is 47.8 Å². The molecule has 0 unspecified atom stereocenters. The van der Waals surface area contributed by atoms with Crippen LogP contribution in [-0.4, -0.2) is 22.0 Å². The first-order chi connectivity index (χ1) is 11.5. The summed E-state index contributed by atoms with van der Waals surface area (Å²) in [6, 6.07) is 13.0. The van der Waals surface area contributed by atoms with Crippen molar-refractivity contribution in [3.05, 3.63) is 65.5 Å². The molecule has 1 atom stereocenters. The molecule has 1 amide bonds. The quantitative estimate of drug-likeness (QED) is 0.855. The van der Waals surface area contributed by atoms with E-state index in [1.165, 1.54) is 6.42 Å². The fraction of sp³-hybridized carbons (Fsp3) is 0.300. The van der Waals surface area contributed by atoms with Crippen molar-refractivity contribution in [2.24, 2.45) is 0 Å². The number of hydrogen-bond acceptors (Lipinski definition) is 3. The molecule has 1 aromatic carbocycles. The van der Waals surface area contributed by atoms with E-state index in [4.69, 9.17) is 0 Å². The van der Waals surface area contributed by atoms with E-state index in [0.29, 0.717) is 17.3 Å². The first-order valence-electron chi connectivity index (χ1n) is 8.12. The lowest BCUT2D eigenvalue weighted by molar-refractivity contribution is 0.0911. The van der Waals surface area contributed by atoms with Crippen LogP contribution in [-0.2, 0) is 5.60 Å². The molecule has 1 aliphatic rings. The summed E-state index contributed by atoms with van der Waals surface area (Å²) in [4.78, 5) is 16.2. The summed E-state index contributed by atoms with van der Waals surface area (Å²) in [6.07, 6.45) is 4.83. The maximum Gasteiger partial charge on any atom is 0.270 e. The lowest BCUT2D eigenvalue weighted by Crippen LogP contribution is -2.39. The van der Waals surface area contributed by atoms with Crippen molar-refractivity contribution in [3.63, 3.8) is 0 Å². The molecule has 0 bridgehead atoms. The zero-order valence-corrected chi connectivity index (χ0v) is 13.6. The number of amides is 1. The monoisotopic (exact) mass is 320 g/mol. The van der Waals surface area contributed by atoms with Crippen LogP contribution in [0.2, 0.25) is 0 Å². The van der Waals surface area contributed by atoms with Gasteiger partial charge < -0.3 is 10.4 Å². The van der Waals surface area contributed by atoms with Crippen molar-refractivity contribution in [1.82, 2.24) is 10.3 Å². The Kier molecular flexibility index (Phi) is 4.64. The van der Waals surface area contributed by atoms with Gasteiger partial charge in [-0.2, -0.15) is 0 Å². The van der Waals surface area contributed by atoms with Gasteiger partial charge in [-0.25, -0.2) is 4.98 Å². The van der Waals surface area contributed by atoms with Crippen LogP contribution in [0.15, 0.2) is 48.7 Å². The Balaban J connectivity index is 1.69. The predicted molar refractivity (Wildman–Crippen MR) is 92.2 cm³/mol. The topological polar surface area (TPSA) is 62.2 Å². The Morgan fingerprint density at radius 3 is 2.58 bits per heavy atom. The van der Waals surface area contributed by atoms with Gasteiger partial charge in [0.05, 0.1) is 0 Å². The molecule has 1 aliphatic carbocycles. The van der Waals surface area contributed by atoms with E-state index in [2.05, 4.69) is 22.1 Å². The standard InChI is InChI=1S/C20H20N2O2/c1-20(24,16-6-3-2-4-7-16)13-12-15-10-11-18(21-14-15)19(23)22-17-8-5-9-17/h2-4,6-7,10-11,14,17,24H,5,8-9H2,1H3,(H,22,23)/t20-/m1/s1. The van der Waals surface area contributed by atoms with Crippen LogP contribution in [0.3, 0.4) is 0 Å². The molecule has 1 saturated carbocycles. The van der Waals surface area contributed by atoms with Crippen LogP contribution in [0.25, 0.3) is 0 Å². The fourth-order valence-electron chi connectivity index (χ4n) is 2.44. The zero-order chi connectivity index (χ0) is 17.0. The van der Waals surface area contributed by atoms with Crippen LogP contribution >= 0.6 is 0 Å². The molecule has 0 aliphatic heterocycles. The highest BCUT2D eigenvalue weighted by Crippen LogP contribution is 2.19. The molecule has 1 heterocycles. The minimum atomic E-state index is -1.23. The summed E-state index contributed by atoms with van der Waals surface area (Å²) >= 11 is 0. The van der Waals surface area contributed by atoms with Gasteiger partial charge in [-0.1, -0.05) is 42.2 Å². The second-order valence-electron chi connectivity index (χ2n) is 6.22. The number of pyridine rings is 1. The van der Waals surface area contributed by atoms with Gasteiger partial charge in [0.2, 0.25) is 0 Å². The highest BCUT2D eigenvalue weighted by Gasteiger charge is 2.21. The van der Waals surface area contributed by atoms with Crippen molar-refractivity contribution in [3.8, 4) is 11.8 Å². The molecular formula is C20H20N2O2. The smallest absolute Gasteiger partial charge is 0.270 e. The summed E-state index contributed by atoms with van der Waals surface area (Å²) in [5.74, 6) is 5.63. The van der Waals surface area contributed by atoms with E-state index in [0.717, 1.165) is 18.4 Å². The van der Waals surface area contributed by atoms with Crippen molar-refractivity contribution >= 4 is 5.91 Å². The number of aromatic nitrogens is 1. The molecule has 3 rings (SSSR count). The summed E-state index contributed by atoms with van der Waals surface area (Å²) < 4.78 is 0. The van der Waals surface area contributed by atoms with Gasteiger partial charge in [-0.15, -0.1) is 0 Å². The van der Waals surface area contributed by atoms with E-state index >= 15 is 0 Å². The second-order valence-corrected chi connectivity index (χ2v) is 6.22. The Hall–Kier alpha value is -2.64. The molecule has 1 fully saturated rings. The number of nitrogens with one attached hydrogen (secondary N) is 1. The third-order valence-electron chi connectivity index (χ3n) is 4.22. The third kappa shape index (κ3) is 3.81. The van der Waals surface area contributed by atoms with Gasteiger partial charge in [-0.3, -0.25) is 4.79 Å². The molecule has 0 radical (unpaired) electrons. The van der Waals surface area contributed by atoms with Gasteiger partial charge in [0, 0.05) is 17.8 Å². The number of benzene rings is 1. The third-order valence-corrected chi connectivity index (χ3v) is 4.22. The Bertz CT molecular complexity index is 767. The minimum absolute atomic E-state index is 0.143. The zero-order valence-electron chi connectivity index (χ0n) is 13.6. The van der Waals surface area contributed by atoms with Gasteiger partial charge in [0.15, 0.2) is 0 Å². The molecular weight excluding hydrogens is 300 g/mol. The van der Waals surface area contributed by atoms with E-state index in [-0.39, 0.29) is 5.91 Å². The van der Waals surface area contributed by atoms with Gasteiger partial charge >= 0.3 is 0 Å². The lowest BCUT2D eigenvalue weighted by atomic mass is 9.93. The predicted octanol–water partition coefficient (Wildman–Crippen LogP) is 2.62. The van der Waals surface area contributed by atoms with Crippen LogP contribution < -0.4 is 5.32 Å². The van der Waals surface area contributed by atoms with E-state index in [1.807, 2.05) is 30.3 Å². The molecule has 4 heteroatoms. The van der Waals surface area contributed by atoms with Crippen LogP contribution in [0.4, 0.5) is 0 Å². The normalized spacial score (nSPS) is 16.2. The largest absolute Gasteiger partial charge is 0.374 e. The molecule has 122 valence electrons. The summed E-state index contributed by atoms with van der Waals surface area (Å²) in [5.41, 5.74) is 0.553. The lowest BCUT2D eigenvalue weighted by Gasteiger charge is -2.26. The van der Waals surface area contributed by atoms with Crippen LogP contribution in [0.5, 0.6) is 0 Å². The number of aliphatic hydroxyl groups is 1. The number of carbonyl (C=O) groups excluding carboxylic acids is 1. The molecule has 2 N–H and O–H groups in total. The van der Waals surface area contributed by atoms with Gasteiger partial charge in [-0.05, 0) is 43.9 Å². The number of carbonyl (C=O) groups is 1. The minimum Gasteiger partial charge on any atom is -0.374 e. The van der Waals surface area contributed by atoms with Crippen molar-refractivity contribution in [2.75, 3.05) is 0 Å². The summed E-state index contributed by atoms with van der Waals surface area (Å²) in [7, 11) is 0. The number of nitrogens with zero attached hydrogens (tertiary/aromatic N) is 1. The Labute approximate surface area is 141 Å². The van der Waals surface area contributed by atoms with Gasteiger partial charge in [0.25, 0.3) is 5.91 Å². The Morgan fingerprint density at radius 2 is 2.00 bits per heavy atom.